The van der Waals surface area contributed by atoms with E-state index in [0.717, 1.165) is 17.8 Å². The van der Waals surface area contributed by atoms with Crippen molar-refractivity contribution < 1.29 is 4.79 Å². The van der Waals surface area contributed by atoms with Gasteiger partial charge in [-0.2, -0.15) is 0 Å². The Morgan fingerprint density at radius 1 is 1.18 bits per heavy atom. The molecule has 1 heterocycles. The molecule has 3 N–H and O–H groups in total. The van der Waals surface area contributed by atoms with E-state index >= 15 is 0 Å². The van der Waals surface area contributed by atoms with Gasteiger partial charge in [0.15, 0.2) is 0 Å². The number of aryl methyl sites for hydroxylation is 2. The molecule has 1 amide bonds. The molecule has 2 aromatic rings. The van der Waals surface area contributed by atoms with Gasteiger partial charge in [-0.1, -0.05) is 36.0 Å². The number of rotatable bonds is 6. The van der Waals surface area contributed by atoms with Crippen LogP contribution in [0.1, 0.15) is 52.9 Å². The predicted molar refractivity (Wildman–Crippen MR) is 115 cm³/mol. The molecule has 3 rings (SSSR count). The first-order valence-electron chi connectivity index (χ1n) is 9.55. The van der Waals surface area contributed by atoms with Crippen molar-refractivity contribution in [3.63, 3.8) is 0 Å². The van der Waals surface area contributed by atoms with Crippen molar-refractivity contribution in [2.75, 3.05) is 11.9 Å². The summed E-state index contributed by atoms with van der Waals surface area (Å²) in [6.07, 6.45) is 4.95. The van der Waals surface area contributed by atoms with E-state index in [1.54, 1.807) is 12.1 Å². The number of nitrogens with one attached hydrogen (secondary N) is 3. The Hall–Kier alpha value is -1.98. The third kappa shape index (κ3) is 4.89. The molecule has 1 aliphatic rings. The monoisotopic (exact) mass is 421 g/mol. The Bertz CT molecular complexity index is 934. The van der Waals surface area contributed by atoms with Crippen molar-refractivity contribution in [2.24, 2.45) is 5.92 Å². The quantitative estimate of drug-likeness (QED) is 0.624. The molecule has 0 bridgehead atoms. The van der Waals surface area contributed by atoms with E-state index in [9.17, 15) is 9.59 Å². The molecule has 150 valence electrons. The Labute approximate surface area is 174 Å². The van der Waals surface area contributed by atoms with Crippen molar-refractivity contribution >= 4 is 34.8 Å². The molecular formula is C21H25Cl2N3O2. The van der Waals surface area contributed by atoms with Gasteiger partial charge in [0.25, 0.3) is 11.5 Å². The highest BCUT2D eigenvalue weighted by Crippen LogP contribution is 2.32. The zero-order valence-corrected chi connectivity index (χ0v) is 17.6. The number of hydrogen-bond donors (Lipinski definition) is 3. The summed E-state index contributed by atoms with van der Waals surface area (Å²) >= 11 is 12.7. The number of amides is 1. The average molecular weight is 422 g/mol. The van der Waals surface area contributed by atoms with Crippen LogP contribution < -0.4 is 16.2 Å². The Kier molecular flexibility index (Phi) is 6.68. The topological polar surface area (TPSA) is 74.0 Å². The third-order valence-corrected chi connectivity index (χ3v) is 5.88. The molecule has 0 saturated heterocycles. The van der Waals surface area contributed by atoms with Crippen LogP contribution in [0.2, 0.25) is 10.0 Å². The SMILES string of the molecule is Cc1cc(C)c(CNC(=O)c2cc(Cl)cc(NCC3CCCC3)c2Cl)c(=O)[nH]1. The lowest BCUT2D eigenvalue weighted by Gasteiger charge is -2.16. The number of anilines is 1. The second kappa shape index (κ2) is 9.01. The van der Waals surface area contributed by atoms with Crippen molar-refractivity contribution in [3.8, 4) is 0 Å². The molecule has 0 radical (unpaired) electrons. The summed E-state index contributed by atoms with van der Waals surface area (Å²) < 4.78 is 0. The maximum atomic E-state index is 12.7. The van der Waals surface area contributed by atoms with E-state index in [4.69, 9.17) is 23.2 Å². The Morgan fingerprint density at radius 2 is 1.89 bits per heavy atom. The summed E-state index contributed by atoms with van der Waals surface area (Å²) in [4.78, 5) is 27.6. The fourth-order valence-corrected chi connectivity index (χ4v) is 4.20. The molecule has 0 spiro atoms. The number of aromatic nitrogens is 1. The molecule has 7 heteroatoms. The van der Waals surface area contributed by atoms with Crippen LogP contribution in [0, 0.1) is 19.8 Å². The number of carbonyl (C=O) groups is 1. The van der Waals surface area contributed by atoms with Crippen LogP contribution in [-0.4, -0.2) is 17.4 Å². The molecule has 1 saturated carbocycles. The molecule has 0 atom stereocenters. The van der Waals surface area contributed by atoms with E-state index in [2.05, 4.69) is 15.6 Å². The molecule has 1 aromatic carbocycles. The fraction of sp³-hybridized carbons (Fsp3) is 0.429. The lowest BCUT2D eigenvalue weighted by molar-refractivity contribution is 0.0951. The Morgan fingerprint density at radius 3 is 2.57 bits per heavy atom. The van der Waals surface area contributed by atoms with Gasteiger partial charge in [0, 0.05) is 29.4 Å². The van der Waals surface area contributed by atoms with Gasteiger partial charge in [0.05, 0.1) is 16.3 Å². The number of hydrogen-bond acceptors (Lipinski definition) is 3. The number of benzene rings is 1. The molecule has 1 aromatic heterocycles. The normalized spacial score (nSPS) is 14.3. The number of aromatic amines is 1. The van der Waals surface area contributed by atoms with E-state index in [1.807, 2.05) is 19.9 Å². The summed E-state index contributed by atoms with van der Waals surface area (Å²) in [5.74, 6) is 0.263. The number of carbonyl (C=O) groups excluding carboxylic acids is 1. The van der Waals surface area contributed by atoms with E-state index in [-0.39, 0.29) is 18.0 Å². The summed E-state index contributed by atoms with van der Waals surface area (Å²) in [7, 11) is 0. The number of pyridine rings is 1. The first kappa shape index (κ1) is 20.7. The second-order valence-corrected chi connectivity index (χ2v) is 8.29. The maximum absolute atomic E-state index is 12.7. The largest absolute Gasteiger partial charge is 0.384 e. The fourth-order valence-electron chi connectivity index (χ4n) is 3.72. The molecule has 1 fully saturated rings. The van der Waals surface area contributed by atoms with Crippen LogP contribution in [0.25, 0.3) is 0 Å². The van der Waals surface area contributed by atoms with Gasteiger partial charge >= 0.3 is 0 Å². The van der Waals surface area contributed by atoms with Crippen LogP contribution in [-0.2, 0) is 6.54 Å². The zero-order valence-electron chi connectivity index (χ0n) is 16.1. The lowest BCUT2D eigenvalue weighted by atomic mass is 10.1. The van der Waals surface area contributed by atoms with Crippen LogP contribution in [0.5, 0.6) is 0 Å². The molecule has 0 unspecified atom stereocenters. The van der Waals surface area contributed by atoms with Crippen LogP contribution >= 0.6 is 23.2 Å². The molecule has 5 nitrogen and oxygen atoms in total. The minimum atomic E-state index is -0.365. The van der Waals surface area contributed by atoms with Gasteiger partial charge in [-0.15, -0.1) is 0 Å². The van der Waals surface area contributed by atoms with Gasteiger partial charge in [-0.05, 0) is 56.4 Å². The van der Waals surface area contributed by atoms with E-state index < -0.39 is 0 Å². The molecular weight excluding hydrogens is 397 g/mol. The average Bonchev–Trinajstić information content (AvgIpc) is 3.14. The molecule has 0 aliphatic heterocycles. The number of H-pyrrole nitrogens is 1. The predicted octanol–water partition coefficient (Wildman–Crippen LogP) is 4.83. The van der Waals surface area contributed by atoms with Gasteiger partial charge in [0.1, 0.15) is 0 Å². The summed E-state index contributed by atoms with van der Waals surface area (Å²) in [6, 6.07) is 5.16. The molecule has 28 heavy (non-hydrogen) atoms. The second-order valence-electron chi connectivity index (χ2n) is 7.47. The van der Waals surface area contributed by atoms with Gasteiger partial charge < -0.3 is 15.6 Å². The minimum Gasteiger partial charge on any atom is -0.384 e. The third-order valence-electron chi connectivity index (χ3n) is 5.26. The summed E-state index contributed by atoms with van der Waals surface area (Å²) in [6.45, 7) is 4.61. The van der Waals surface area contributed by atoms with Crippen LogP contribution in [0.4, 0.5) is 5.69 Å². The van der Waals surface area contributed by atoms with Crippen molar-refractivity contribution in [1.82, 2.24) is 10.3 Å². The number of halogens is 2. The first-order chi connectivity index (χ1) is 13.3. The smallest absolute Gasteiger partial charge is 0.253 e. The van der Waals surface area contributed by atoms with Crippen molar-refractivity contribution in [3.05, 3.63) is 61.0 Å². The summed E-state index contributed by atoms with van der Waals surface area (Å²) in [5.41, 5.74) is 2.90. The summed E-state index contributed by atoms with van der Waals surface area (Å²) in [5, 5.41) is 6.90. The minimum absolute atomic E-state index is 0.119. The van der Waals surface area contributed by atoms with E-state index in [0.29, 0.717) is 32.8 Å². The highest BCUT2D eigenvalue weighted by Gasteiger charge is 2.19. The van der Waals surface area contributed by atoms with Crippen molar-refractivity contribution in [1.29, 1.82) is 0 Å². The van der Waals surface area contributed by atoms with Crippen LogP contribution in [0.15, 0.2) is 23.0 Å². The van der Waals surface area contributed by atoms with Gasteiger partial charge in [0.2, 0.25) is 0 Å². The Balaban J connectivity index is 1.73. The lowest BCUT2D eigenvalue weighted by Crippen LogP contribution is -2.28. The zero-order chi connectivity index (χ0) is 20.3. The van der Waals surface area contributed by atoms with Crippen LogP contribution in [0.3, 0.4) is 0 Å². The van der Waals surface area contributed by atoms with Gasteiger partial charge in [-0.3, -0.25) is 9.59 Å². The highest BCUT2D eigenvalue weighted by molar-refractivity contribution is 6.38. The van der Waals surface area contributed by atoms with Gasteiger partial charge in [-0.25, -0.2) is 0 Å². The first-order valence-corrected chi connectivity index (χ1v) is 10.3. The highest BCUT2D eigenvalue weighted by atomic mass is 35.5. The molecule has 1 aliphatic carbocycles. The standard InChI is InChI=1S/C21H25Cl2N3O2/c1-12-7-13(2)26-21(28)17(12)11-25-20(27)16-8-15(22)9-18(19(16)23)24-10-14-5-3-4-6-14/h7-9,14,24H,3-6,10-11H2,1-2H3,(H,25,27)(H,26,28). The van der Waals surface area contributed by atoms with Crippen molar-refractivity contribution in [2.45, 2.75) is 46.1 Å². The van der Waals surface area contributed by atoms with E-state index in [1.165, 1.54) is 25.7 Å². The maximum Gasteiger partial charge on any atom is 0.253 e.